The van der Waals surface area contributed by atoms with E-state index >= 15 is 0 Å². The molecule has 0 saturated carbocycles. The molecule has 4 aromatic rings. The maximum atomic E-state index is 10.1. The number of alkyl halides is 1. The van der Waals surface area contributed by atoms with Crippen molar-refractivity contribution >= 4 is 22.2 Å². The van der Waals surface area contributed by atoms with Gasteiger partial charge >= 0.3 is 0 Å². The van der Waals surface area contributed by atoms with Gasteiger partial charge in [-0.15, -0.1) is 0 Å². The van der Waals surface area contributed by atoms with E-state index in [-0.39, 0.29) is 5.75 Å². The molecule has 10 heteroatoms. The Kier molecular flexibility index (Phi) is 35.5. The van der Waals surface area contributed by atoms with E-state index in [0.29, 0.717) is 53.1 Å². The summed E-state index contributed by atoms with van der Waals surface area (Å²) in [6, 6.07) is 29.8. The Balaban J connectivity index is 0. The lowest BCUT2D eigenvalue weighted by atomic mass is 10.1. The molecule has 2 heterocycles. The molecule has 2 saturated heterocycles. The number of likely N-dealkylation sites (tertiary alicyclic amines) is 1. The minimum Gasteiger partial charge on any atom is -0.508 e. The van der Waals surface area contributed by atoms with E-state index in [0.717, 1.165) is 42.9 Å². The normalized spacial score (nSPS) is 14.8. The van der Waals surface area contributed by atoms with Gasteiger partial charge in [0.2, 0.25) is 0 Å². The van der Waals surface area contributed by atoms with Crippen LogP contribution in [-0.4, -0.2) is 69.9 Å². The Bertz CT molecular complexity index is 1500. The average Bonchev–Trinajstić information content (AvgIpc) is 3.96. The number of aromatic hydroxyl groups is 4. The van der Waals surface area contributed by atoms with Crippen molar-refractivity contribution in [2.45, 2.75) is 112 Å². The molecule has 2 aliphatic rings. The molecule has 2 fully saturated rings. The molecule has 2 aliphatic heterocycles. The van der Waals surface area contributed by atoms with E-state index in [1.165, 1.54) is 38.3 Å². The first-order valence-electron chi connectivity index (χ1n) is 20.3. The van der Waals surface area contributed by atoms with E-state index in [1.54, 1.807) is 36.4 Å². The zero-order chi connectivity index (χ0) is 42.6. The number of nitrogens with zero attached hydrogens (tertiary/aromatic N) is 1. The van der Waals surface area contributed by atoms with E-state index in [2.05, 4.69) is 31.5 Å². The summed E-state index contributed by atoms with van der Waals surface area (Å²) in [5.41, 5.74) is 8.55. The number of rotatable bonds is 9. The number of carbonyl (C=O) groups excluding carboxylic acids is 1. The first kappa shape index (κ1) is 54.2. The van der Waals surface area contributed by atoms with Crippen LogP contribution < -0.4 is 16.4 Å². The largest absolute Gasteiger partial charge is 0.508 e. The topological polar surface area (TPSA) is 151 Å². The standard InChI is InChI=1S/C19H24N2O2.C7H7BrO.C7H6O2.C5H12N2.4C2H6/c22-18-9-3-1-6-15(18)12-20-13-17-8-5-11-21(17)14-16-7-2-4-10-19(16)23;2*8-5-6-3-1-2-4-7(6)9;6-4-5-2-1-3-7-5;4*1-2/h1-4,6-7,9-10,17,20,22-23H,5,8,11-14H2;1-4,9H,5H2;1-5,9H;5,7H,1-4,6H2;4*1-2H3. The van der Waals surface area contributed by atoms with E-state index in [4.69, 9.17) is 15.9 Å². The van der Waals surface area contributed by atoms with Gasteiger partial charge in [0.1, 0.15) is 23.0 Å². The van der Waals surface area contributed by atoms with Crippen molar-refractivity contribution in [1.82, 2.24) is 15.5 Å². The highest BCUT2D eigenvalue weighted by Gasteiger charge is 2.24. The number of para-hydroxylation sites is 4. The molecule has 0 radical (unpaired) electrons. The van der Waals surface area contributed by atoms with Crippen molar-refractivity contribution in [3.05, 3.63) is 119 Å². The van der Waals surface area contributed by atoms with Crippen molar-refractivity contribution in [2.75, 3.05) is 26.2 Å². The second kappa shape index (κ2) is 36.7. The molecule has 0 aliphatic carbocycles. The highest BCUT2D eigenvalue weighted by molar-refractivity contribution is 9.08. The fraction of sp³-hybridized carbons (Fsp3) is 0.457. The van der Waals surface area contributed by atoms with Crippen molar-refractivity contribution in [3.8, 4) is 23.0 Å². The Labute approximate surface area is 347 Å². The van der Waals surface area contributed by atoms with Crippen LogP contribution in [0.1, 0.15) is 108 Å². The summed E-state index contributed by atoms with van der Waals surface area (Å²) in [4.78, 5) is 12.5. The number of nitrogens with one attached hydrogen (secondary N) is 2. The fourth-order valence-corrected chi connectivity index (χ4v) is 5.87. The van der Waals surface area contributed by atoms with E-state index in [9.17, 15) is 15.0 Å². The molecule has 0 spiro atoms. The third-order valence-electron chi connectivity index (χ3n) is 8.20. The molecule has 0 bridgehead atoms. The van der Waals surface area contributed by atoms with Gasteiger partial charge in [0, 0.05) is 60.3 Å². The highest BCUT2D eigenvalue weighted by atomic mass is 79.9. The molecule has 314 valence electrons. The average molecular weight is 842 g/mol. The molecule has 0 aromatic heterocycles. The molecule has 0 amide bonds. The number of benzene rings is 4. The summed E-state index contributed by atoms with van der Waals surface area (Å²) in [5, 5.41) is 45.1. The summed E-state index contributed by atoms with van der Waals surface area (Å²) < 4.78 is 0. The molecular weight excluding hydrogens is 768 g/mol. The van der Waals surface area contributed by atoms with Crippen LogP contribution in [-0.2, 0) is 18.4 Å². The van der Waals surface area contributed by atoms with E-state index < -0.39 is 0 Å². The summed E-state index contributed by atoms with van der Waals surface area (Å²) in [6.07, 6.45) is 5.56. The third kappa shape index (κ3) is 22.6. The van der Waals surface area contributed by atoms with Crippen LogP contribution in [0, 0.1) is 0 Å². The summed E-state index contributed by atoms with van der Waals surface area (Å²) >= 11 is 3.25. The van der Waals surface area contributed by atoms with E-state index in [1.807, 2.05) is 110 Å². The molecule has 2 unspecified atom stereocenters. The molecule has 9 nitrogen and oxygen atoms in total. The van der Waals surface area contributed by atoms with Gasteiger partial charge in [-0.3, -0.25) is 9.69 Å². The summed E-state index contributed by atoms with van der Waals surface area (Å²) in [7, 11) is 0. The molecule has 8 N–H and O–H groups in total. The first-order chi connectivity index (χ1) is 27.4. The van der Waals surface area contributed by atoms with Crippen LogP contribution in [0.15, 0.2) is 97.1 Å². The summed E-state index contributed by atoms with van der Waals surface area (Å²) in [5.74, 6) is 1.11. The van der Waals surface area contributed by atoms with Crippen LogP contribution in [0.3, 0.4) is 0 Å². The Morgan fingerprint density at radius 1 is 0.696 bits per heavy atom. The van der Waals surface area contributed by atoms with Crippen LogP contribution in [0.2, 0.25) is 0 Å². The maximum absolute atomic E-state index is 10.1. The minimum atomic E-state index is 0.0347. The molecule has 4 aromatic carbocycles. The van der Waals surface area contributed by atoms with Gasteiger partial charge in [-0.1, -0.05) is 138 Å². The van der Waals surface area contributed by atoms with Crippen LogP contribution in [0.4, 0.5) is 0 Å². The number of phenolic OH excluding ortho intramolecular Hbond substituents is 4. The maximum Gasteiger partial charge on any atom is 0.153 e. The minimum absolute atomic E-state index is 0.0347. The van der Waals surface area contributed by atoms with Gasteiger partial charge in [0.15, 0.2) is 6.29 Å². The summed E-state index contributed by atoms with van der Waals surface area (Å²) in [6.45, 7) is 21.4. The second-order valence-electron chi connectivity index (χ2n) is 11.6. The second-order valence-corrected chi connectivity index (χ2v) is 12.2. The van der Waals surface area contributed by atoms with Crippen molar-refractivity contribution in [1.29, 1.82) is 0 Å². The van der Waals surface area contributed by atoms with Gasteiger partial charge in [-0.2, -0.15) is 0 Å². The van der Waals surface area contributed by atoms with Gasteiger partial charge in [-0.25, -0.2) is 0 Å². The smallest absolute Gasteiger partial charge is 0.153 e. The molecular formula is C46H73BrN4O5. The van der Waals surface area contributed by atoms with Crippen molar-refractivity contribution < 1.29 is 25.2 Å². The highest BCUT2D eigenvalue weighted by Crippen LogP contribution is 2.24. The number of nitrogens with two attached hydrogens (primary N) is 1. The van der Waals surface area contributed by atoms with Gasteiger partial charge in [0.05, 0.1) is 5.56 Å². The number of aldehydes is 1. The number of hydrogen-bond donors (Lipinski definition) is 7. The van der Waals surface area contributed by atoms with Crippen molar-refractivity contribution in [2.24, 2.45) is 5.73 Å². The Hall–Kier alpha value is -3.93. The number of halogens is 1. The molecule has 6 rings (SSSR count). The third-order valence-corrected chi connectivity index (χ3v) is 8.80. The zero-order valence-electron chi connectivity index (χ0n) is 35.3. The SMILES string of the molecule is CC.CC.CC.CC.NCC1CCCN1.O=Cc1ccccc1O.Oc1ccccc1CBr.Oc1ccccc1CNCC1CCCN1Cc1ccccc1O. The van der Waals surface area contributed by atoms with Gasteiger partial charge in [0.25, 0.3) is 0 Å². The van der Waals surface area contributed by atoms with Crippen LogP contribution >= 0.6 is 15.9 Å². The van der Waals surface area contributed by atoms with Gasteiger partial charge < -0.3 is 36.8 Å². The Morgan fingerprint density at radius 3 is 1.57 bits per heavy atom. The quantitative estimate of drug-likeness (QED) is 0.0645. The number of carbonyl (C=O) groups is 1. The lowest BCUT2D eigenvalue weighted by molar-refractivity contribution is 0.112. The predicted octanol–water partition coefficient (Wildman–Crippen LogP) is 10.1. The number of hydrogen-bond acceptors (Lipinski definition) is 9. The number of phenols is 4. The predicted molar refractivity (Wildman–Crippen MR) is 241 cm³/mol. The Morgan fingerprint density at radius 2 is 1.18 bits per heavy atom. The first-order valence-corrected chi connectivity index (χ1v) is 21.5. The lowest BCUT2D eigenvalue weighted by Crippen LogP contribution is -2.37. The molecule has 56 heavy (non-hydrogen) atoms. The zero-order valence-corrected chi connectivity index (χ0v) is 36.9. The van der Waals surface area contributed by atoms with Gasteiger partial charge in [-0.05, 0) is 69.1 Å². The van der Waals surface area contributed by atoms with Crippen LogP contribution in [0.25, 0.3) is 0 Å². The van der Waals surface area contributed by atoms with Crippen LogP contribution in [0.5, 0.6) is 23.0 Å². The molecule has 2 atom stereocenters. The monoisotopic (exact) mass is 840 g/mol. The fourth-order valence-electron chi connectivity index (χ4n) is 5.40. The lowest BCUT2D eigenvalue weighted by Gasteiger charge is -2.25. The van der Waals surface area contributed by atoms with Crippen molar-refractivity contribution in [3.63, 3.8) is 0 Å².